The Morgan fingerprint density at radius 2 is 1.93 bits per heavy atom. The Balaban J connectivity index is 0.000000245. The number of nitrogens with zero attached hydrogens (tertiary/aromatic N) is 2. The molecular formula is C11H21N3O. The minimum absolute atomic E-state index is 0.509. The van der Waals surface area contributed by atoms with Crippen molar-refractivity contribution in [2.24, 2.45) is 5.92 Å². The smallest absolute Gasteiger partial charge is 0.213 e. The van der Waals surface area contributed by atoms with Crippen molar-refractivity contribution >= 4 is 0 Å². The maximum Gasteiger partial charge on any atom is 0.213 e. The SMILES string of the molecule is CC(C)C.c1nc(C2CCNCC2)no1. The summed E-state index contributed by atoms with van der Waals surface area (Å²) < 4.78 is 4.69. The summed E-state index contributed by atoms with van der Waals surface area (Å²) in [4.78, 5) is 4.03. The number of hydrogen-bond donors (Lipinski definition) is 1. The highest BCUT2D eigenvalue weighted by atomic mass is 16.5. The van der Waals surface area contributed by atoms with Crippen LogP contribution in [0.4, 0.5) is 0 Å². The molecule has 2 heterocycles. The average molecular weight is 211 g/mol. The van der Waals surface area contributed by atoms with Gasteiger partial charge in [-0.15, -0.1) is 0 Å². The Hall–Kier alpha value is -0.900. The molecule has 0 aliphatic carbocycles. The van der Waals surface area contributed by atoms with Gasteiger partial charge in [-0.1, -0.05) is 25.9 Å². The molecule has 0 aromatic carbocycles. The number of aromatic nitrogens is 2. The van der Waals surface area contributed by atoms with Crippen LogP contribution in [0.15, 0.2) is 10.9 Å². The molecular weight excluding hydrogens is 190 g/mol. The largest absolute Gasteiger partial charge is 0.343 e. The van der Waals surface area contributed by atoms with Gasteiger partial charge in [0.2, 0.25) is 6.39 Å². The Kier molecular flexibility index (Phi) is 5.32. The number of piperidine rings is 1. The molecule has 0 spiro atoms. The van der Waals surface area contributed by atoms with Crippen LogP contribution in [0.2, 0.25) is 0 Å². The predicted molar refractivity (Wildman–Crippen MR) is 59.7 cm³/mol. The van der Waals surface area contributed by atoms with Crippen molar-refractivity contribution in [1.29, 1.82) is 0 Å². The van der Waals surface area contributed by atoms with E-state index in [-0.39, 0.29) is 0 Å². The first-order chi connectivity index (χ1) is 7.20. The van der Waals surface area contributed by atoms with Crippen LogP contribution in [0.5, 0.6) is 0 Å². The summed E-state index contributed by atoms with van der Waals surface area (Å²) in [6.45, 7) is 8.64. The van der Waals surface area contributed by atoms with Gasteiger partial charge in [0.1, 0.15) is 0 Å². The summed E-state index contributed by atoms with van der Waals surface area (Å²) >= 11 is 0. The van der Waals surface area contributed by atoms with Crippen LogP contribution >= 0.6 is 0 Å². The Morgan fingerprint density at radius 3 is 2.40 bits per heavy atom. The molecule has 0 saturated carbocycles. The summed E-state index contributed by atoms with van der Waals surface area (Å²) in [5.41, 5.74) is 0. The quantitative estimate of drug-likeness (QED) is 0.773. The zero-order valence-corrected chi connectivity index (χ0v) is 9.86. The van der Waals surface area contributed by atoms with Crippen molar-refractivity contribution in [2.45, 2.75) is 39.5 Å². The Bertz CT molecular complexity index is 238. The van der Waals surface area contributed by atoms with Gasteiger partial charge in [0.25, 0.3) is 0 Å². The molecule has 1 fully saturated rings. The monoisotopic (exact) mass is 211 g/mol. The normalized spacial score (nSPS) is 17.3. The van der Waals surface area contributed by atoms with Crippen molar-refractivity contribution in [3.05, 3.63) is 12.2 Å². The lowest BCUT2D eigenvalue weighted by Gasteiger charge is -2.18. The van der Waals surface area contributed by atoms with E-state index in [9.17, 15) is 0 Å². The average Bonchev–Trinajstić information content (AvgIpc) is 2.71. The summed E-state index contributed by atoms with van der Waals surface area (Å²) in [5, 5.41) is 7.12. The van der Waals surface area contributed by atoms with Crippen LogP contribution in [0.1, 0.15) is 45.4 Å². The molecule has 4 heteroatoms. The number of rotatable bonds is 1. The molecule has 15 heavy (non-hydrogen) atoms. The topological polar surface area (TPSA) is 51.0 Å². The second-order valence-corrected chi connectivity index (χ2v) is 4.55. The zero-order chi connectivity index (χ0) is 11.1. The van der Waals surface area contributed by atoms with Crippen molar-refractivity contribution in [3.8, 4) is 0 Å². The second-order valence-electron chi connectivity index (χ2n) is 4.55. The van der Waals surface area contributed by atoms with E-state index in [1.807, 2.05) is 0 Å². The van der Waals surface area contributed by atoms with Crippen LogP contribution in [-0.4, -0.2) is 23.2 Å². The van der Waals surface area contributed by atoms with Crippen LogP contribution in [0.3, 0.4) is 0 Å². The third kappa shape index (κ3) is 4.93. The van der Waals surface area contributed by atoms with Crippen LogP contribution in [0.25, 0.3) is 0 Å². The Morgan fingerprint density at radius 1 is 1.33 bits per heavy atom. The van der Waals surface area contributed by atoms with Gasteiger partial charge in [-0.05, 0) is 31.8 Å². The highest BCUT2D eigenvalue weighted by Gasteiger charge is 2.18. The van der Waals surface area contributed by atoms with Gasteiger partial charge in [-0.25, -0.2) is 0 Å². The van der Waals surface area contributed by atoms with Gasteiger partial charge >= 0.3 is 0 Å². The van der Waals surface area contributed by atoms with Crippen LogP contribution in [0, 0.1) is 5.92 Å². The second kappa shape index (κ2) is 6.56. The standard InChI is InChI=1S/C7H11N3O.C4H10/c1-3-8-4-2-6(1)7-9-5-11-10-7;1-4(2)3/h5-6,8H,1-4H2;4H,1-3H3. The van der Waals surface area contributed by atoms with Gasteiger partial charge in [0.15, 0.2) is 5.82 Å². The number of hydrogen-bond acceptors (Lipinski definition) is 4. The van der Waals surface area contributed by atoms with Crippen molar-refractivity contribution in [1.82, 2.24) is 15.5 Å². The van der Waals surface area contributed by atoms with Gasteiger partial charge in [0.05, 0.1) is 0 Å². The molecule has 1 aromatic rings. The fourth-order valence-corrected chi connectivity index (χ4v) is 1.44. The van der Waals surface area contributed by atoms with Gasteiger partial charge in [-0.3, -0.25) is 0 Å². The molecule has 0 bridgehead atoms. The van der Waals surface area contributed by atoms with Gasteiger partial charge < -0.3 is 9.84 Å². The third-order valence-electron chi connectivity index (χ3n) is 2.08. The van der Waals surface area contributed by atoms with Crippen molar-refractivity contribution < 1.29 is 4.52 Å². The minimum Gasteiger partial charge on any atom is -0.343 e. The summed E-state index contributed by atoms with van der Waals surface area (Å²) in [5.74, 6) is 2.21. The molecule has 1 saturated heterocycles. The lowest BCUT2D eigenvalue weighted by molar-refractivity contribution is 0.385. The van der Waals surface area contributed by atoms with E-state index in [0.29, 0.717) is 5.92 Å². The first kappa shape index (κ1) is 12.2. The molecule has 0 amide bonds. The molecule has 1 N–H and O–H groups in total. The van der Waals surface area contributed by atoms with E-state index in [4.69, 9.17) is 0 Å². The van der Waals surface area contributed by atoms with E-state index in [1.54, 1.807) is 0 Å². The maximum absolute atomic E-state index is 4.69. The van der Waals surface area contributed by atoms with E-state index in [0.717, 1.165) is 37.7 Å². The highest BCUT2D eigenvalue weighted by molar-refractivity contribution is 4.93. The molecule has 2 rings (SSSR count). The molecule has 1 aliphatic rings. The lowest BCUT2D eigenvalue weighted by Crippen LogP contribution is -2.27. The van der Waals surface area contributed by atoms with Gasteiger partial charge in [0, 0.05) is 5.92 Å². The first-order valence-corrected chi connectivity index (χ1v) is 5.67. The molecule has 86 valence electrons. The maximum atomic E-state index is 4.69. The molecule has 0 atom stereocenters. The van der Waals surface area contributed by atoms with Gasteiger partial charge in [-0.2, -0.15) is 4.98 Å². The first-order valence-electron chi connectivity index (χ1n) is 5.67. The third-order valence-corrected chi connectivity index (χ3v) is 2.08. The van der Waals surface area contributed by atoms with Crippen molar-refractivity contribution in [3.63, 3.8) is 0 Å². The zero-order valence-electron chi connectivity index (χ0n) is 9.86. The number of nitrogens with one attached hydrogen (secondary N) is 1. The summed E-state index contributed by atoms with van der Waals surface area (Å²) in [6, 6.07) is 0. The minimum atomic E-state index is 0.509. The van der Waals surface area contributed by atoms with Crippen LogP contribution in [-0.2, 0) is 0 Å². The highest BCUT2D eigenvalue weighted by Crippen LogP contribution is 2.20. The van der Waals surface area contributed by atoms with E-state index in [2.05, 4.69) is 40.8 Å². The fraction of sp³-hybridized carbons (Fsp3) is 0.818. The molecule has 1 aliphatic heterocycles. The Labute approximate surface area is 91.5 Å². The summed E-state index contributed by atoms with van der Waals surface area (Å²) in [7, 11) is 0. The van der Waals surface area contributed by atoms with E-state index in [1.165, 1.54) is 6.39 Å². The van der Waals surface area contributed by atoms with E-state index >= 15 is 0 Å². The fourth-order valence-electron chi connectivity index (χ4n) is 1.44. The molecule has 4 nitrogen and oxygen atoms in total. The lowest BCUT2D eigenvalue weighted by atomic mass is 9.98. The molecule has 1 aromatic heterocycles. The predicted octanol–water partition coefficient (Wildman–Crippen LogP) is 2.20. The molecule has 0 unspecified atom stereocenters. The summed E-state index contributed by atoms with van der Waals surface area (Å²) in [6.07, 6.45) is 3.65. The van der Waals surface area contributed by atoms with Crippen molar-refractivity contribution in [2.75, 3.05) is 13.1 Å². The molecule has 0 radical (unpaired) electrons. The van der Waals surface area contributed by atoms with Crippen LogP contribution < -0.4 is 5.32 Å². The van der Waals surface area contributed by atoms with E-state index < -0.39 is 0 Å².